The van der Waals surface area contributed by atoms with Crippen molar-refractivity contribution in [2.24, 2.45) is 4.99 Å². The second-order valence-corrected chi connectivity index (χ2v) is 6.02. The molecule has 1 amide bonds. The quantitative estimate of drug-likeness (QED) is 0.596. The Hall–Kier alpha value is -2.07. The van der Waals surface area contributed by atoms with Gasteiger partial charge in [-0.2, -0.15) is 0 Å². The molecule has 3 rings (SSSR count). The second kappa shape index (κ2) is 6.59. The summed E-state index contributed by atoms with van der Waals surface area (Å²) in [6.07, 6.45) is 1.74. The van der Waals surface area contributed by atoms with Gasteiger partial charge in [0.05, 0.1) is 0 Å². The van der Waals surface area contributed by atoms with Crippen molar-refractivity contribution in [3.63, 3.8) is 0 Å². The van der Waals surface area contributed by atoms with Crippen molar-refractivity contribution in [1.29, 1.82) is 0 Å². The first-order valence-corrected chi connectivity index (χ1v) is 8.03. The molecule has 1 aliphatic heterocycles. The van der Waals surface area contributed by atoms with Crippen molar-refractivity contribution in [2.45, 2.75) is 0 Å². The van der Waals surface area contributed by atoms with Crippen LogP contribution in [0.3, 0.4) is 0 Å². The molecule has 0 N–H and O–H groups in total. The van der Waals surface area contributed by atoms with Crippen LogP contribution in [0.5, 0.6) is 5.75 Å². The van der Waals surface area contributed by atoms with E-state index in [1.54, 1.807) is 37.5 Å². The van der Waals surface area contributed by atoms with Crippen molar-refractivity contribution < 1.29 is 9.53 Å². The molecular weight excluding hydrogens is 379 g/mol. The third kappa shape index (κ3) is 3.32. The first kappa shape index (κ1) is 15.8. The van der Waals surface area contributed by atoms with E-state index in [2.05, 4.69) is 21.0 Å². The van der Waals surface area contributed by atoms with E-state index < -0.39 is 0 Å². The molecule has 0 aromatic heterocycles. The fraction of sp³-hybridized carbons (Fsp3) is 0.0588. The molecule has 0 saturated carbocycles. The minimum atomic E-state index is -0.182. The van der Waals surface area contributed by atoms with E-state index in [0.29, 0.717) is 15.5 Å². The van der Waals surface area contributed by atoms with Crippen LogP contribution in [0.25, 0.3) is 6.08 Å². The van der Waals surface area contributed by atoms with Crippen molar-refractivity contribution in [3.05, 3.63) is 64.8 Å². The van der Waals surface area contributed by atoms with E-state index in [0.717, 1.165) is 17.0 Å². The molecule has 1 radical (unpaired) electrons. The van der Waals surface area contributed by atoms with Crippen molar-refractivity contribution in [1.82, 2.24) is 0 Å². The predicted octanol–water partition coefficient (Wildman–Crippen LogP) is 3.26. The van der Waals surface area contributed by atoms with Gasteiger partial charge in [0.1, 0.15) is 0 Å². The van der Waals surface area contributed by atoms with Gasteiger partial charge >= 0.3 is 147 Å². The molecule has 4 nitrogen and oxygen atoms in total. The number of nitrogens with zero attached hydrogens (tertiary/aromatic N) is 2. The van der Waals surface area contributed by atoms with Crippen LogP contribution in [-0.2, 0) is 4.79 Å². The summed E-state index contributed by atoms with van der Waals surface area (Å²) in [6, 6.07) is 14.5. The van der Waals surface area contributed by atoms with Crippen LogP contribution in [0, 0.1) is 0 Å². The monoisotopic (exact) mass is 391 g/mol. The maximum absolute atomic E-state index is 12.6. The van der Waals surface area contributed by atoms with Crippen molar-refractivity contribution in [2.75, 3.05) is 12.0 Å². The zero-order valence-corrected chi connectivity index (χ0v) is 14.7. The summed E-state index contributed by atoms with van der Waals surface area (Å²) in [7, 11) is 1.60. The van der Waals surface area contributed by atoms with Crippen LogP contribution in [0.15, 0.2) is 59.2 Å². The van der Waals surface area contributed by atoms with Gasteiger partial charge in [0, 0.05) is 0 Å². The molecule has 2 aromatic carbocycles. The van der Waals surface area contributed by atoms with Crippen LogP contribution < -0.4 is 9.64 Å². The number of hydrogen-bond donors (Lipinski definition) is 0. The molecule has 0 spiro atoms. The summed E-state index contributed by atoms with van der Waals surface area (Å²) in [5.74, 6) is 0.551. The Morgan fingerprint density at radius 3 is 2.39 bits per heavy atom. The van der Waals surface area contributed by atoms with E-state index in [4.69, 9.17) is 16.3 Å². The standard InChI is InChI=1S/C17H12ClN2O2Se/c1-22-14-8-6-13(7-9-14)20-16(21)15(19-17(20)23)10-11-2-4-12(18)5-3-11/h2-10H,1H3/b15-10-. The molecule has 0 unspecified atom stereocenters. The Bertz CT molecular complexity index is 798. The number of carbonyl (C=O) groups is 1. The molecular formula is C17H12ClN2O2Se. The average molecular weight is 391 g/mol. The second-order valence-electron chi connectivity index (χ2n) is 4.81. The number of anilines is 1. The van der Waals surface area contributed by atoms with E-state index >= 15 is 0 Å². The van der Waals surface area contributed by atoms with E-state index in [-0.39, 0.29) is 5.91 Å². The number of rotatable bonds is 3. The van der Waals surface area contributed by atoms with Crippen LogP contribution in [0.2, 0.25) is 5.02 Å². The third-order valence-electron chi connectivity index (χ3n) is 3.33. The SMILES string of the molecule is COc1ccc(N2C(=O)/C(=C/c3ccc(Cl)cc3)N=C2[Se])cc1. The van der Waals surface area contributed by atoms with Crippen LogP contribution in [0.1, 0.15) is 5.56 Å². The van der Waals surface area contributed by atoms with Gasteiger partial charge in [-0.15, -0.1) is 0 Å². The number of benzene rings is 2. The Morgan fingerprint density at radius 2 is 1.78 bits per heavy atom. The van der Waals surface area contributed by atoms with E-state index in [9.17, 15) is 4.79 Å². The van der Waals surface area contributed by atoms with Gasteiger partial charge in [0.25, 0.3) is 0 Å². The molecule has 115 valence electrons. The van der Waals surface area contributed by atoms with Gasteiger partial charge in [-0.25, -0.2) is 0 Å². The first-order chi connectivity index (χ1) is 11.1. The molecule has 0 bridgehead atoms. The number of halogens is 1. The Labute approximate surface area is 147 Å². The van der Waals surface area contributed by atoms with Gasteiger partial charge in [-0.05, 0) is 0 Å². The normalized spacial score (nSPS) is 15.9. The summed E-state index contributed by atoms with van der Waals surface area (Å²) in [6.45, 7) is 0. The molecule has 0 aliphatic carbocycles. The topological polar surface area (TPSA) is 41.9 Å². The first-order valence-electron chi connectivity index (χ1n) is 6.80. The summed E-state index contributed by atoms with van der Waals surface area (Å²) in [4.78, 5) is 18.5. The molecule has 0 atom stereocenters. The molecule has 0 saturated heterocycles. The van der Waals surface area contributed by atoms with Crippen LogP contribution >= 0.6 is 11.6 Å². The van der Waals surface area contributed by atoms with Gasteiger partial charge in [-0.1, -0.05) is 0 Å². The summed E-state index contributed by atoms with van der Waals surface area (Å²) in [5.41, 5.74) is 1.97. The molecule has 1 heterocycles. The average Bonchev–Trinajstić information content (AvgIpc) is 2.84. The number of carbonyl (C=O) groups excluding carboxylic acids is 1. The Morgan fingerprint density at radius 1 is 1.13 bits per heavy atom. The number of amides is 1. The number of hydrogen-bond acceptors (Lipinski definition) is 3. The summed E-state index contributed by atoms with van der Waals surface area (Å²) in [5, 5.41) is 0.651. The van der Waals surface area contributed by atoms with Gasteiger partial charge in [0.15, 0.2) is 0 Å². The predicted molar refractivity (Wildman–Crippen MR) is 93.1 cm³/mol. The molecule has 23 heavy (non-hydrogen) atoms. The number of methoxy groups -OCH3 is 1. The third-order valence-corrected chi connectivity index (χ3v) is 4.16. The Balaban J connectivity index is 1.89. The summed E-state index contributed by atoms with van der Waals surface area (Å²) >= 11 is 8.70. The molecule has 0 fully saturated rings. The maximum atomic E-state index is 12.6. The number of aliphatic imine (C=N–C) groups is 1. The fourth-order valence-electron chi connectivity index (χ4n) is 2.17. The van der Waals surface area contributed by atoms with Gasteiger partial charge in [-0.3, -0.25) is 0 Å². The van der Waals surface area contributed by atoms with Gasteiger partial charge in [0.2, 0.25) is 0 Å². The van der Waals surface area contributed by atoms with Crippen molar-refractivity contribution >= 4 is 50.0 Å². The number of amidine groups is 1. The molecule has 6 heteroatoms. The van der Waals surface area contributed by atoms with Gasteiger partial charge < -0.3 is 0 Å². The van der Waals surface area contributed by atoms with Crippen LogP contribution in [0.4, 0.5) is 5.69 Å². The zero-order valence-electron chi connectivity index (χ0n) is 12.2. The summed E-state index contributed by atoms with van der Waals surface area (Å²) < 4.78 is 5.65. The van der Waals surface area contributed by atoms with E-state index in [1.165, 1.54) is 4.90 Å². The molecule has 2 aromatic rings. The fourth-order valence-corrected chi connectivity index (χ4v) is 2.90. The zero-order chi connectivity index (χ0) is 16.4. The number of ether oxygens (including phenoxy) is 1. The van der Waals surface area contributed by atoms with Crippen LogP contribution in [-0.4, -0.2) is 33.8 Å². The Kier molecular flexibility index (Phi) is 4.53. The minimum absolute atomic E-state index is 0.182. The molecule has 1 aliphatic rings. The van der Waals surface area contributed by atoms with Crippen molar-refractivity contribution in [3.8, 4) is 5.75 Å². The van der Waals surface area contributed by atoms with E-state index in [1.807, 2.05) is 24.3 Å².